The number of benzene rings is 1. The molecule has 0 aliphatic carbocycles. The molecule has 1 heterocycles. The van der Waals surface area contributed by atoms with Crippen LogP contribution in [-0.2, 0) is 17.4 Å². The molecule has 2 aromatic rings. The van der Waals surface area contributed by atoms with E-state index < -0.39 is 5.54 Å². The predicted molar refractivity (Wildman–Crippen MR) is 89.1 cm³/mol. The highest BCUT2D eigenvalue weighted by molar-refractivity contribution is 7.09. The fourth-order valence-electron chi connectivity index (χ4n) is 2.12. The molecule has 0 spiro atoms. The standard InChI is InChI=1S/C17H24N2OS/c1-16(2,3)14-11-21-15(19-14)10-17(4,18)12-6-8-13(20-5)9-7-12/h6-9,11H,10,18H2,1-5H3. The Hall–Kier alpha value is -1.39. The topological polar surface area (TPSA) is 48.1 Å². The Labute approximate surface area is 131 Å². The molecule has 2 N–H and O–H groups in total. The van der Waals surface area contributed by atoms with Crippen LogP contribution in [0.2, 0.25) is 0 Å². The van der Waals surface area contributed by atoms with Gasteiger partial charge in [0.15, 0.2) is 0 Å². The third-order valence-corrected chi connectivity index (χ3v) is 4.44. The van der Waals surface area contributed by atoms with Gasteiger partial charge in [-0.1, -0.05) is 32.9 Å². The van der Waals surface area contributed by atoms with Crippen molar-refractivity contribution in [1.29, 1.82) is 0 Å². The molecule has 114 valence electrons. The Kier molecular flexibility index (Phi) is 4.40. The molecule has 1 aromatic carbocycles. The van der Waals surface area contributed by atoms with E-state index in [0.717, 1.165) is 28.4 Å². The first-order valence-corrected chi connectivity index (χ1v) is 7.98. The lowest BCUT2D eigenvalue weighted by atomic mass is 9.90. The van der Waals surface area contributed by atoms with E-state index in [-0.39, 0.29) is 5.41 Å². The lowest BCUT2D eigenvalue weighted by Gasteiger charge is -2.24. The molecule has 0 bridgehead atoms. The van der Waals surface area contributed by atoms with E-state index in [2.05, 4.69) is 26.2 Å². The quantitative estimate of drug-likeness (QED) is 0.933. The van der Waals surface area contributed by atoms with Gasteiger partial charge in [0, 0.05) is 22.8 Å². The summed E-state index contributed by atoms with van der Waals surface area (Å²) in [6.45, 7) is 8.58. The van der Waals surface area contributed by atoms with Crippen LogP contribution < -0.4 is 10.5 Å². The first-order chi connectivity index (χ1) is 9.72. The number of nitrogens with two attached hydrogens (primary N) is 1. The molecule has 21 heavy (non-hydrogen) atoms. The minimum atomic E-state index is -0.431. The second-order valence-corrected chi connectivity index (χ2v) is 7.64. The van der Waals surface area contributed by atoms with Gasteiger partial charge in [-0.2, -0.15) is 0 Å². The summed E-state index contributed by atoms with van der Waals surface area (Å²) < 4.78 is 5.19. The van der Waals surface area contributed by atoms with E-state index in [0.29, 0.717) is 0 Å². The van der Waals surface area contributed by atoms with Crippen LogP contribution in [0, 0.1) is 0 Å². The number of hydrogen-bond donors (Lipinski definition) is 1. The normalized spacial score (nSPS) is 14.8. The highest BCUT2D eigenvalue weighted by atomic mass is 32.1. The molecule has 0 saturated carbocycles. The first-order valence-electron chi connectivity index (χ1n) is 7.11. The molecule has 0 radical (unpaired) electrons. The Morgan fingerprint density at radius 2 is 1.76 bits per heavy atom. The fraction of sp³-hybridized carbons (Fsp3) is 0.471. The molecule has 1 unspecified atom stereocenters. The molecule has 4 heteroatoms. The second kappa shape index (κ2) is 5.78. The molecule has 3 nitrogen and oxygen atoms in total. The number of nitrogens with zero attached hydrogens (tertiary/aromatic N) is 1. The largest absolute Gasteiger partial charge is 0.497 e. The summed E-state index contributed by atoms with van der Waals surface area (Å²) in [5.41, 5.74) is 8.38. The van der Waals surface area contributed by atoms with E-state index >= 15 is 0 Å². The van der Waals surface area contributed by atoms with Crippen LogP contribution in [0.1, 0.15) is 44.0 Å². The Balaban J connectivity index is 2.18. The third kappa shape index (κ3) is 3.83. The van der Waals surface area contributed by atoms with Crippen molar-refractivity contribution in [2.45, 2.75) is 45.1 Å². The molecular formula is C17H24N2OS. The number of hydrogen-bond acceptors (Lipinski definition) is 4. The average Bonchev–Trinajstić information content (AvgIpc) is 2.86. The highest BCUT2D eigenvalue weighted by Crippen LogP contribution is 2.29. The summed E-state index contributed by atoms with van der Waals surface area (Å²) in [6, 6.07) is 7.94. The van der Waals surface area contributed by atoms with Gasteiger partial charge < -0.3 is 10.5 Å². The Bertz CT molecular complexity index is 594. The summed E-state index contributed by atoms with van der Waals surface area (Å²) in [7, 11) is 1.67. The second-order valence-electron chi connectivity index (χ2n) is 6.70. The van der Waals surface area contributed by atoms with Crippen molar-refractivity contribution in [3.8, 4) is 5.75 Å². The maximum atomic E-state index is 6.51. The van der Waals surface area contributed by atoms with Gasteiger partial charge in [0.2, 0.25) is 0 Å². The molecule has 0 amide bonds. The van der Waals surface area contributed by atoms with Gasteiger partial charge in [0.1, 0.15) is 5.75 Å². The van der Waals surface area contributed by atoms with E-state index in [9.17, 15) is 0 Å². The van der Waals surface area contributed by atoms with Crippen LogP contribution in [0.25, 0.3) is 0 Å². The van der Waals surface area contributed by atoms with Crippen LogP contribution in [0.4, 0.5) is 0 Å². The molecule has 2 rings (SSSR count). The van der Waals surface area contributed by atoms with Gasteiger partial charge in [-0.3, -0.25) is 0 Å². The van der Waals surface area contributed by atoms with Crippen LogP contribution in [0.15, 0.2) is 29.6 Å². The van der Waals surface area contributed by atoms with Gasteiger partial charge in [-0.05, 0) is 24.6 Å². The lowest BCUT2D eigenvalue weighted by Crippen LogP contribution is -2.35. The highest BCUT2D eigenvalue weighted by Gasteiger charge is 2.25. The van der Waals surface area contributed by atoms with Crippen LogP contribution in [0.3, 0.4) is 0 Å². The number of rotatable bonds is 4. The average molecular weight is 304 g/mol. The summed E-state index contributed by atoms with van der Waals surface area (Å²) in [6.07, 6.45) is 0.736. The SMILES string of the molecule is COc1ccc(C(C)(N)Cc2nc(C(C)(C)C)cs2)cc1. The Morgan fingerprint density at radius 1 is 1.14 bits per heavy atom. The van der Waals surface area contributed by atoms with Crippen molar-refractivity contribution in [2.24, 2.45) is 5.73 Å². The summed E-state index contributed by atoms with van der Waals surface area (Å²) in [5.74, 6) is 0.846. The minimum Gasteiger partial charge on any atom is -0.497 e. The van der Waals surface area contributed by atoms with Crippen molar-refractivity contribution in [3.05, 3.63) is 45.9 Å². The number of aromatic nitrogens is 1. The van der Waals surface area contributed by atoms with E-state index in [1.165, 1.54) is 0 Å². The first kappa shape index (κ1) is 16.0. The molecule has 0 saturated heterocycles. The number of ether oxygens (including phenoxy) is 1. The van der Waals surface area contributed by atoms with Crippen LogP contribution >= 0.6 is 11.3 Å². The smallest absolute Gasteiger partial charge is 0.118 e. The zero-order valence-corrected chi connectivity index (χ0v) is 14.3. The van der Waals surface area contributed by atoms with Crippen molar-refractivity contribution >= 4 is 11.3 Å². The van der Waals surface area contributed by atoms with E-state index in [1.807, 2.05) is 31.2 Å². The van der Waals surface area contributed by atoms with Gasteiger partial charge in [0.25, 0.3) is 0 Å². The third-order valence-electron chi connectivity index (χ3n) is 3.59. The molecule has 0 aliphatic heterocycles. The van der Waals surface area contributed by atoms with Gasteiger partial charge in [-0.25, -0.2) is 4.98 Å². The van der Waals surface area contributed by atoms with Gasteiger partial charge in [0.05, 0.1) is 17.8 Å². The fourth-order valence-corrected chi connectivity index (χ4v) is 3.31. The molecule has 0 aliphatic rings. The molecule has 1 aromatic heterocycles. The summed E-state index contributed by atoms with van der Waals surface area (Å²) in [5, 5.41) is 3.22. The van der Waals surface area contributed by atoms with Crippen LogP contribution in [-0.4, -0.2) is 12.1 Å². The number of thiazole rings is 1. The molecular weight excluding hydrogens is 280 g/mol. The zero-order valence-electron chi connectivity index (χ0n) is 13.4. The van der Waals surface area contributed by atoms with Gasteiger partial charge in [-0.15, -0.1) is 11.3 Å². The lowest BCUT2D eigenvalue weighted by molar-refractivity contribution is 0.413. The maximum Gasteiger partial charge on any atom is 0.118 e. The monoisotopic (exact) mass is 304 g/mol. The summed E-state index contributed by atoms with van der Waals surface area (Å²) in [4.78, 5) is 4.74. The van der Waals surface area contributed by atoms with Crippen molar-refractivity contribution in [1.82, 2.24) is 4.98 Å². The van der Waals surface area contributed by atoms with Crippen molar-refractivity contribution < 1.29 is 4.74 Å². The van der Waals surface area contributed by atoms with Gasteiger partial charge >= 0.3 is 0 Å². The predicted octanol–water partition coefficient (Wildman–Crippen LogP) is 3.87. The van der Waals surface area contributed by atoms with Crippen molar-refractivity contribution in [3.63, 3.8) is 0 Å². The molecule has 1 atom stereocenters. The van der Waals surface area contributed by atoms with E-state index in [4.69, 9.17) is 15.5 Å². The Morgan fingerprint density at radius 3 is 2.24 bits per heavy atom. The maximum absolute atomic E-state index is 6.51. The van der Waals surface area contributed by atoms with Crippen molar-refractivity contribution in [2.75, 3.05) is 7.11 Å². The van der Waals surface area contributed by atoms with Crippen LogP contribution in [0.5, 0.6) is 5.75 Å². The summed E-state index contributed by atoms with van der Waals surface area (Å²) >= 11 is 1.69. The molecule has 0 fully saturated rings. The van der Waals surface area contributed by atoms with E-state index in [1.54, 1.807) is 18.4 Å². The number of methoxy groups -OCH3 is 1. The zero-order chi connectivity index (χ0) is 15.7. The minimum absolute atomic E-state index is 0.0832.